The number of amides is 2. The van der Waals surface area contributed by atoms with Crippen molar-refractivity contribution < 1.29 is 23.8 Å². The van der Waals surface area contributed by atoms with Gasteiger partial charge >= 0.3 is 6.09 Å². The summed E-state index contributed by atoms with van der Waals surface area (Å²) in [6.07, 6.45) is 0.741. The minimum Gasteiger partial charge on any atom is -0.497 e. The molecular formula is C37H42N4O5. The second-order valence-electron chi connectivity index (χ2n) is 13.2. The number of carbonyl (C=O) groups is 2. The zero-order valence-corrected chi connectivity index (χ0v) is 27.5. The van der Waals surface area contributed by atoms with Crippen molar-refractivity contribution in [3.05, 3.63) is 89.5 Å². The third kappa shape index (κ3) is 6.49. The maximum atomic E-state index is 14.1. The lowest BCUT2D eigenvalue weighted by atomic mass is 9.60. The van der Waals surface area contributed by atoms with Gasteiger partial charge in [0, 0.05) is 38.6 Å². The molecule has 2 amide bonds. The van der Waals surface area contributed by atoms with E-state index in [0.717, 1.165) is 28.0 Å². The van der Waals surface area contributed by atoms with Crippen LogP contribution in [0.25, 0.3) is 11.1 Å². The van der Waals surface area contributed by atoms with Gasteiger partial charge in [0.25, 0.3) is 0 Å². The Balaban J connectivity index is 1.77. The van der Waals surface area contributed by atoms with Gasteiger partial charge in [0.1, 0.15) is 11.4 Å². The monoisotopic (exact) mass is 622 g/mol. The highest BCUT2D eigenvalue weighted by atomic mass is 16.6. The van der Waals surface area contributed by atoms with E-state index < -0.39 is 22.6 Å². The van der Waals surface area contributed by atoms with Gasteiger partial charge in [-0.05, 0) is 93.1 Å². The van der Waals surface area contributed by atoms with Crippen LogP contribution in [-0.2, 0) is 26.4 Å². The number of hydrogen-bond donors (Lipinski definition) is 0. The van der Waals surface area contributed by atoms with Gasteiger partial charge in [-0.15, -0.1) is 4.99 Å². The van der Waals surface area contributed by atoms with Crippen LogP contribution in [0.5, 0.6) is 5.75 Å². The second kappa shape index (κ2) is 13.0. The molecule has 2 heterocycles. The van der Waals surface area contributed by atoms with Gasteiger partial charge in [-0.1, -0.05) is 42.5 Å². The lowest BCUT2D eigenvalue weighted by Crippen LogP contribution is -2.59. The van der Waals surface area contributed by atoms with Crippen LogP contribution in [0, 0.1) is 16.7 Å². The first-order valence-electron chi connectivity index (χ1n) is 15.6. The number of rotatable bonds is 5. The Morgan fingerprint density at radius 3 is 2.30 bits per heavy atom. The molecule has 46 heavy (non-hydrogen) atoms. The van der Waals surface area contributed by atoms with Crippen LogP contribution in [0.4, 0.5) is 4.79 Å². The highest BCUT2D eigenvalue weighted by Crippen LogP contribution is 2.55. The zero-order valence-electron chi connectivity index (χ0n) is 27.5. The number of guanidine groups is 1. The molecule has 2 aliphatic rings. The van der Waals surface area contributed by atoms with E-state index in [-0.39, 0.29) is 18.3 Å². The predicted octanol–water partition coefficient (Wildman–Crippen LogP) is 6.90. The molecule has 5 rings (SSSR count). The predicted molar refractivity (Wildman–Crippen MR) is 176 cm³/mol. The second-order valence-corrected chi connectivity index (χ2v) is 13.2. The molecule has 1 unspecified atom stereocenters. The van der Waals surface area contributed by atoms with Crippen molar-refractivity contribution in [2.45, 2.75) is 64.6 Å². The molecule has 3 aromatic rings. The third-order valence-corrected chi connectivity index (χ3v) is 9.26. The maximum absolute atomic E-state index is 14.1. The molecule has 9 heteroatoms. The van der Waals surface area contributed by atoms with Crippen LogP contribution in [0.1, 0.15) is 63.6 Å². The normalized spacial score (nSPS) is 20.7. The topological polar surface area (TPSA) is 104 Å². The molecule has 0 radical (unpaired) electrons. The minimum atomic E-state index is -0.846. The summed E-state index contributed by atoms with van der Waals surface area (Å²) in [5.41, 5.74) is 2.16. The Labute approximate surface area is 271 Å². The molecule has 2 aliphatic heterocycles. The van der Waals surface area contributed by atoms with Crippen LogP contribution >= 0.6 is 0 Å². The fourth-order valence-corrected chi connectivity index (χ4v) is 6.66. The van der Waals surface area contributed by atoms with E-state index in [9.17, 15) is 14.9 Å². The summed E-state index contributed by atoms with van der Waals surface area (Å²) in [6.45, 7) is 8.87. The van der Waals surface area contributed by atoms with Crippen LogP contribution < -0.4 is 4.74 Å². The summed E-state index contributed by atoms with van der Waals surface area (Å²) in [5.74, 6) is 0.814. The first kappa shape index (κ1) is 32.7. The van der Waals surface area contributed by atoms with Gasteiger partial charge in [-0.3, -0.25) is 9.69 Å². The number of methoxy groups -OCH3 is 1. The van der Waals surface area contributed by atoms with Gasteiger partial charge in [-0.2, -0.15) is 5.26 Å². The minimum absolute atomic E-state index is 0.134. The average Bonchev–Trinajstić information content (AvgIpc) is 3.10. The molecule has 0 N–H and O–H groups in total. The fraction of sp³-hybridized carbons (Fsp3) is 0.405. The summed E-state index contributed by atoms with van der Waals surface area (Å²) in [4.78, 5) is 35.6. The third-order valence-electron chi connectivity index (χ3n) is 9.26. The van der Waals surface area contributed by atoms with E-state index in [1.54, 1.807) is 41.0 Å². The van der Waals surface area contributed by atoms with Crippen molar-refractivity contribution >= 4 is 18.0 Å². The quantitative estimate of drug-likeness (QED) is 0.305. The first-order chi connectivity index (χ1) is 21.9. The lowest BCUT2D eigenvalue weighted by Gasteiger charge is -2.55. The van der Waals surface area contributed by atoms with E-state index in [1.807, 2.05) is 54.6 Å². The van der Waals surface area contributed by atoms with E-state index in [2.05, 4.69) is 35.0 Å². The Morgan fingerprint density at radius 2 is 1.67 bits per heavy atom. The summed E-state index contributed by atoms with van der Waals surface area (Å²) in [6, 6.07) is 25.8. The first-order valence-corrected chi connectivity index (χ1v) is 15.6. The van der Waals surface area contributed by atoms with Gasteiger partial charge in [-0.25, -0.2) is 4.79 Å². The number of aliphatic imine (C=N–C) groups is 1. The molecule has 1 spiro atoms. The average molecular weight is 623 g/mol. The van der Waals surface area contributed by atoms with Crippen molar-refractivity contribution in [1.29, 1.82) is 5.26 Å². The van der Waals surface area contributed by atoms with Gasteiger partial charge in [0.05, 0.1) is 24.3 Å². The van der Waals surface area contributed by atoms with Gasteiger partial charge < -0.3 is 19.1 Å². The summed E-state index contributed by atoms with van der Waals surface area (Å²) in [7, 11) is 3.30. The van der Waals surface area contributed by atoms with E-state index in [4.69, 9.17) is 14.2 Å². The molecule has 0 bridgehead atoms. The highest BCUT2D eigenvalue weighted by molar-refractivity contribution is 6.02. The Kier molecular flexibility index (Phi) is 9.22. The summed E-state index contributed by atoms with van der Waals surface area (Å²) >= 11 is 0. The molecule has 0 aromatic heterocycles. The Bertz CT molecular complexity index is 1660. The molecule has 2 saturated heterocycles. The van der Waals surface area contributed by atoms with Crippen LogP contribution in [0.15, 0.2) is 77.8 Å². The zero-order chi connectivity index (χ0) is 33.1. The number of hydrogen-bond acceptors (Lipinski definition) is 6. The van der Waals surface area contributed by atoms with Crippen LogP contribution in [-0.4, -0.2) is 60.7 Å². The van der Waals surface area contributed by atoms with Crippen molar-refractivity contribution in [2.24, 2.45) is 10.4 Å². The van der Waals surface area contributed by atoms with E-state index in [0.29, 0.717) is 38.2 Å². The van der Waals surface area contributed by atoms with Crippen molar-refractivity contribution in [3.8, 4) is 22.9 Å². The van der Waals surface area contributed by atoms with Crippen LogP contribution in [0.2, 0.25) is 0 Å². The summed E-state index contributed by atoms with van der Waals surface area (Å²) in [5, 5.41) is 9.57. The number of benzene rings is 3. The van der Waals surface area contributed by atoms with Crippen molar-refractivity contribution in [2.75, 3.05) is 27.4 Å². The van der Waals surface area contributed by atoms with Gasteiger partial charge in [0.15, 0.2) is 0 Å². The standard InChI is InChI=1S/C37H42N4O5/c1-35(2,3)46-34(43)39-33-40(5)32(42)23-37(17-19-45-20-18-37)36(4,41(33)25-26-13-15-31(44-6)16-14-26)30-12-8-11-29(22-30)28-10-7-9-27(21-28)24-38/h7-16,21-22H,17-20,23,25H2,1-6H3. The largest absolute Gasteiger partial charge is 0.497 e. The smallest absolute Gasteiger partial charge is 0.437 e. The number of nitriles is 1. The molecule has 3 aromatic carbocycles. The lowest BCUT2D eigenvalue weighted by molar-refractivity contribution is -0.133. The van der Waals surface area contributed by atoms with Gasteiger partial charge in [0.2, 0.25) is 11.9 Å². The summed E-state index contributed by atoms with van der Waals surface area (Å²) < 4.78 is 16.9. The van der Waals surface area contributed by atoms with Crippen molar-refractivity contribution in [3.63, 3.8) is 0 Å². The molecule has 0 aliphatic carbocycles. The highest BCUT2D eigenvalue weighted by Gasteiger charge is 2.58. The Hall–Kier alpha value is -4.68. The number of carbonyl (C=O) groups excluding carboxylic acids is 2. The number of nitrogens with zero attached hydrogens (tertiary/aromatic N) is 4. The molecule has 1 atom stereocenters. The molecular weight excluding hydrogens is 580 g/mol. The fourth-order valence-electron chi connectivity index (χ4n) is 6.66. The van der Waals surface area contributed by atoms with Crippen molar-refractivity contribution in [1.82, 2.24) is 9.80 Å². The molecule has 2 fully saturated rings. The van der Waals surface area contributed by atoms with Crippen LogP contribution in [0.3, 0.4) is 0 Å². The molecule has 0 saturated carbocycles. The van der Waals surface area contributed by atoms with E-state index in [1.165, 1.54) is 4.90 Å². The van der Waals surface area contributed by atoms with E-state index >= 15 is 0 Å². The number of ether oxygens (including phenoxy) is 3. The maximum Gasteiger partial charge on any atom is 0.437 e. The SMILES string of the molecule is COc1ccc(CN2C(=NC(=O)OC(C)(C)C)N(C)C(=O)CC3(CCOCC3)C2(C)c2cccc(-c3cccc(C#N)c3)c2)cc1. The molecule has 240 valence electrons. The Morgan fingerprint density at radius 1 is 1.02 bits per heavy atom. The molecule has 9 nitrogen and oxygen atoms in total.